The Labute approximate surface area is 292 Å². The van der Waals surface area contributed by atoms with Crippen LogP contribution in [0.1, 0.15) is 50.8 Å². The molecule has 2 aromatic heterocycles. The Balaban J connectivity index is 1.36. The maximum Gasteiger partial charge on any atom is 0.141 e. The van der Waals surface area contributed by atoms with E-state index in [0.29, 0.717) is 43.6 Å². The number of hydrazine groups is 2. The predicted octanol–water partition coefficient (Wildman–Crippen LogP) is 8.58. The Kier molecular flexibility index (Phi) is 9.59. The largest absolute Gasteiger partial charge is 0.373 e. The molecule has 14 heteroatoms. The molecule has 244 valence electrons. The second-order valence-corrected chi connectivity index (χ2v) is 14.1. The van der Waals surface area contributed by atoms with Gasteiger partial charge in [0.1, 0.15) is 17.0 Å². The number of benzene rings is 2. The highest BCUT2D eigenvalue weighted by Gasteiger charge is 2.32. The summed E-state index contributed by atoms with van der Waals surface area (Å²) in [5.41, 5.74) is 10.6. The van der Waals surface area contributed by atoms with Crippen molar-refractivity contribution in [3.05, 3.63) is 97.9 Å². The second-order valence-electron chi connectivity index (χ2n) is 12.5. The molecule has 0 bridgehead atoms. The van der Waals surface area contributed by atoms with Gasteiger partial charge in [-0.2, -0.15) is 5.26 Å². The number of nitriles is 1. The minimum Gasteiger partial charge on any atom is -0.373 e. The Hall–Kier alpha value is -3.56. The van der Waals surface area contributed by atoms with Crippen molar-refractivity contribution < 1.29 is 4.39 Å². The molecule has 0 unspecified atom stereocenters. The first-order chi connectivity index (χ1) is 22.4. The summed E-state index contributed by atoms with van der Waals surface area (Å²) in [5.74, 6) is -0.550. The maximum absolute atomic E-state index is 13.9. The van der Waals surface area contributed by atoms with E-state index < -0.39 is 11.9 Å². The highest BCUT2D eigenvalue weighted by atomic mass is 35.5. The third-order valence-corrected chi connectivity index (χ3v) is 9.54. The van der Waals surface area contributed by atoms with Crippen molar-refractivity contribution in [1.29, 1.82) is 5.26 Å². The SMILES string of the molecule is CC(C)(C)N1CCC(N2C=C([C@@H](Nc3cc(Cl)c4ncc(C#N)c(Nc5ccc(F)c(Cl)c5)c4c3)c3cnc(Cl)cc3Cl)NN2)CC1. The summed E-state index contributed by atoms with van der Waals surface area (Å²) in [6, 6.07) is 11.4. The standard InChI is InChI=1S/C33H32Cl4FN9/c1-33(2,3)46-8-6-21(7-9-46)47-17-28(44-45-47)32(23-16-40-29(37)13-24(23)34)43-20-10-22-30(42-19-4-5-27(38)25(35)11-19)18(14-39)15-41-31(22)26(36)12-20/h4-5,10-13,15-17,21,32,43-45H,6-9H2,1-3H3,(H,41,42)/t32-/m0/s1. The van der Waals surface area contributed by atoms with E-state index in [-0.39, 0.29) is 27.3 Å². The van der Waals surface area contributed by atoms with Gasteiger partial charge in [-0.15, -0.1) is 5.53 Å². The molecule has 2 aliphatic rings. The van der Waals surface area contributed by atoms with Crippen molar-refractivity contribution in [1.82, 2.24) is 30.8 Å². The zero-order chi connectivity index (χ0) is 33.5. The van der Waals surface area contributed by atoms with Gasteiger partial charge in [-0.1, -0.05) is 46.4 Å². The van der Waals surface area contributed by atoms with Gasteiger partial charge < -0.3 is 16.1 Å². The van der Waals surface area contributed by atoms with Gasteiger partial charge in [0.25, 0.3) is 0 Å². The number of piperidine rings is 1. The summed E-state index contributed by atoms with van der Waals surface area (Å²) in [6.45, 7) is 8.73. The van der Waals surface area contributed by atoms with E-state index in [0.717, 1.165) is 31.6 Å². The van der Waals surface area contributed by atoms with E-state index in [9.17, 15) is 9.65 Å². The minimum absolute atomic E-state index is 0.0525. The van der Waals surface area contributed by atoms with Crippen LogP contribution in [0.5, 0.6) is 0 Å². The average Bonchev–Trinajstić information content (AvgIpc) is 3.52. The van der Waals surface area contributed by atoms with Crippen molar-refractivity contribution in [3.8, 4) is 6.07 Å². The van der Waals surface area contributed by atoms with Gasteiger partial charge in [0.15, 0.2) is 0 Å². The molecule has 1 fully saturated rings. The van der Waals surface area contributed by atoms with Crippen LogP contribution < -0.4 is 21.6 Å². The summed E-state index contributed by atoms with van der Waals surface area (Å²) in [4.78, 5) is 11.3. The smallest absolute Gasteiger partial charge is 0.141 e. The zero-order valence-electron chi connectivity index (χ0n) is 25.8. The van der Waals surface area contributed by atoms with Crippen LogP contribution in [-0.2, 0) is 0 Å². The fraction of sp³-hybridized carbons (Fsp3) is 0.303. The number of aromatic nitrogens is 2. The van der Waals surface area contributed by atoms with Crippen molar-refractivity contribution in [3.63, 3.8) is 0 Å². The van der Waals surface area contributed by atoms with Crippen LogP contribution in [0.3, 0.4) is 0 Å². The summed E-state index contributed by atoms with van der Waals surface area (Å²) >= 11 is 25.7. The fourth-order valence-corrected chi connectivity index (χ4v) is 6.83. The van der Waals surface area contributed by atoms with E-state index >= 15 is 0 Å². The molecule has 47 heavy (non-hydrogen) atoms. The molecule has 2 aromatic carbocycles. The molecule has 0 radical (unpaired) electrons. The van der Waals surface area contributed by atoms with E-state index in [1.165, 1.54) is 24.4 Å². The van der Waals surface area contributed by atoms with Crippen molar-refractivity contribution >= 4 is 74.4 Å². The van der Waals surface area contributed by atoms with Crippen LogP contribution in [-0.4, -0.2) is 44.5 Å². The normalized spacial score (nSPS) is 16.5. The van der Waals surface area contributed by atoms with Gasteiger partial charge in [-0.25, -0.2) is 9.37 Å². The second kappa shape index (κ2) is 13.5. The summed E-state index contributed by atoms with van der Waals surface area (Å²) in [7, 11) is 0. The summed E-state index contributed by atoms with van der Waals surface area (Å²) in [5, 5.41) is 20.4. The highest BCUT2D eigenvalue weighted by molar-refractivity contribution is 6.36. The topological polar surface area (TPSA) is 104 Å². The first-order valence-corrected chi connectivity index (χ1v) is 16.5. The molecule has 0 saturated carbocycles. The van der Waals surface area contributed by atoms with Gasteiger partial charge in [0.05, 0.1) is 43.6 Å². The fourth-order valence-electron chi connectivity index (χ4n) is 5.90. The number of halogens is 5. The van der Waals surface area contributed by atoms with Crippen LogP contribution in [0.4, 0.5) is 21.5 Å². The molecule has 9 nitrogen and oxygen atoms in total. The van der Waals surface area contributed by atoms with Gasteiger partial charge in [-0.3, -0.25) is 14.9 Å². The van der Waals surface area contributed by atoms with E-state index in [2.05, 4.69) is 68.3 Å². The van der Waals surface area contributed by atoms with Crippen LogP contribution >= 0.6 is 46.4 Å². The predicted molar refractivity (Wildman–Crippen MR) is 187 cm³/mol. The Morgan fingerprint density at radius 2 is 1.72 bits per heavy atom. The summed E-state index contributed by atoms with van der Waals surface area (Å²) in [6.07, 6.45) is 7.12. The molecule has 4 heterocycles. The minimum atomic E-state index is -0.550. The number of nitrogens with zero attached hydrogens (tertiary/aromatic N) is 5. The van der Waals surface area contributed by atoms with Crippen molar-refractivity contribution in [2.45, 2.75) is 51.2 Å². The number of hydrogen-bond acceptors (Lipinski definition) is 9. The molecule has 6 rings (SSSR count). The lowest BCUT2D eigenvalue weighted by Gasteiger charge is -2.42. The molecule has 0 amide bonds. The van der Waals surface area contributed by atoms with Gasteiger partial charge in [0, 0.05) is 65.6 Å². The lowest BCUT2D eigenvalue weighted by molar-refractivity contribution is 0.0570. The van der Waals surface area contributed by atoms with Gasteiger partial charge in [-0.05, 0) is 70.0 Å². The molecule has 0 aliphatic carbocycles. The number of nitrogens with one attached hydrogen (secondary N) is 4. The number of hydrogen-bond donors (Lipinski definition) is 4. The summed E-state index contributed by atoms with van der Waals surface area (Å²) < 4.78 is 13.9. The van der Waals surface area contributed by atoms with Crippen LogP contribution in [0.15, 0.2) is 60.7 Å². The van der Waals surface area contributed by atoms with Crippen molar-refractivity contribution in [2.24, 2.45) is 0 Å². The lowest BCUT2D eigenvalue weighted by atomic mass is 9.98. The molecule has 2 aliphatic heterocycles. The maximum atomic E-state index is 13.9. The number of anilines is 3. The first-order valence-electron chi connectivity index (χ1n) is 15.0. The Morgan fingerprint density at radius 1 is 0.979 bits per heavy atom. The first kappa shape index (κ1) is 33.3. The third kappa shape index (κ3) is 7.16. The Bertz CT molecular complexity index is 1900. The third-order valence-electron chi connectivity index (χ3n) is 8.43. The highest BCUT2D eigenvalue weighted by Crippen LogP contribution is 2.39. The molecule has 0 spiro atoms. The number of fused-ring (bicyclic) bond motifs is 1. The quantitative estimate of drug-likeness (QED) is 0.140. The zero-order valence-corrected chi connectivity index (χ0v) is 28.8. The van der Waals surface area contributed by atoms with E-state index in [1.54, 1.807) is 18.3 Å². The van der Waals surface area contributed by atoms with Crippen LogP contribution in [0.25, 0.3) is 10.9 Å². The lowest BCUT2D eigenvalue weighted by Crippen LogP contribution is -2.52. The molecule has 1 atom stereocenters. The molecule has 4 aromatic rings. The number of rotatable bonds is 7. The monoisotopic (exact) mass is 713 g/mol. The number of pyridine rings is 2. The van der Waals surface area contributed by atoms with E-state index in [1.807, 2.05) is 12.3 Å². The van der Waals surface area contributed by atoms with E-state index in [4.69, 9.17) is 46.4 Å². The average molecular weight is 715 g/mol. The Morgan fingerprint density at radius 3 is 2.40 bits per heavy atom. The molecular weight excluding hydrogens is 683 g/mol. The molecule has 1 saturated heterocycles. The van der Waals surface area contributed by atoms with Crippen molar-refractivity contribution in [2.75, 3.05) is 23.7 Å². The van der Waals surface area contributed by atoms with Gasteiger partial charge >= 0.3 is 0 Å². The van der Waals surface area contributed by atoms with Crippen LogP contribution in [0.2, 0.25) is 20.2 Å². The molecule has 4 N–H and O–H groups in total. The van der Waals surface area contributed by atoms with Gasteiger partial charge in [0.2, 0.25) is 0 Å². The van der Waals surface area contributed by atoms with Crippen LogP contribution in [0, 0.1) is 17.1 Å². The molecular formula is C33H32Cl4FN9. The number of likely N-dealkylation sites (tertiary alicyclic amines) is 1.